The van der Waals surface area contributed by atoms with E-state index in [1.165, 1.54) is 0 Å². The van der Waals surface area contributed by atoms with Crippen LogP contribution in [0.15, 0.2) is 11.6 Å². The lowest BCUT2D eigenvalue weighted by Crippen LogP contribution is -2.23. The molecule has 12 heavy (non-hydrogen) atoms. The molecule has 0 fully saturated rings. The first-order valence-corrected chi connectivity index (χ1v) is 4.15. The SMILES string of the molecule is CC=C(C)C(C)OCC(O)CO. The summed E-state index contributed by atoms with van der Waals surface area (Å²) in [5.41, 5.74) is 1.13. The average molecular weight is 174 g/mol. The van der Waals surface area contributed by atoms with Gasteiger partial charge in [-0.2, -0.15) is 0 Å². The summed E-state index contributed by atoms with van der Waals surface area (Å²) in [6.45, 7) is 5.76. The molecule has 0 heterocycles. The minimum absolute atomic E-state index is 0.0104. The zero-order chi connectivity index (χ0) is 9.56. The van der Waals surface area contributed by atoms with Crippen molar-refractivity contribution in [3.63, 3.8) is 0 Å². The normalized spacial score (nSPS) is 17.6. The monoisotopic (exact) mass is 174 g/mol. The molecule has 0 aromatic rings. The van der Waals surface area contributed by atoms with Crippen LogP contribution < -0.4 is 0 Å². The molecule has 0 aromatic carbocycles. The highest BCUT2D eigenvalue weighted by atomic mass is 16.5. The first-order valence-electron chi connectivity index (χ1n) is 4.15. The largest absolute Gasteiger partial charge is 0.394 e. The summed E-state index contributed by atoms with van der Waals surface area (Å²) in [5.74, 6) is 0. The maximum Gasteiger partial charge on any atom is 0.100 e. The van der Waals surface area contributed by atoms with Gasteiger partial charge >= 0.3 is 0 Å². The van der Waals surface area contributed by atoms with Crippen LogP contribution >= 0.6 is 0 Å². The summed E-state index contributed by atoms with van der Waals surface area (Å²) < 4.78 is 5.27. The van der Waals surface area contributed by atoms with Gasteiger partial charge in [-0.3, -0.25) is 0 Å². The molecule has 2 unspecified atom stereocenters. The van der Waals surface area contributed by atoms with Crippen molar-refractivity contribution in [2.45, 2.75) is 33.0 Å². The van der Waals surface area contributed by atoms with Crippen LogP contribution in [0.5, 0.6) is 0 Å². The topological polar surface area (TPSA) is 49.7 Å². The lowest BCUT2D eigenvalue weighted by atomic mass is 10.2. The summed E-state index contributed by atoms with van der Waals surface area (Å²) in [5, 5.41) is 17.5. The average Bonchev–Trinajstić information content (AvgIpc) is 2.11. The Morgan fingerprint density at radius 1 is 1.58 bits per heavy atom. The summed E-state index contributed by atoms with van der Waals surface area (Å²) in [6.07, 6.45) is 1.21. The van der Waals surface area contributed by atoms with E-state index in [9.17, 15) is 0 Å². The number of hydrogen-bond acceptors (Lipinski definition) is 3. The van der Waals surface area contributed by atoms with Gasteiger partial charge in [0.25, 0.3) is 0 Å². The van der Waals surface area contributed by atoms with Crippen LogP contribution in [-0.4, -0.2) is 35.6 Å². The second-order valence-corrected chi connectivity index (χ2v) is 2.84. The summed E-state index contributed by atoms with van der Waals surface area (Å²) in [6, 6.07) is 0. The van der Waals surface area contributed by atoms with Gasteiger partial charge in [0.05, 0.1) is 19.3 Å². The van der Waals surface area contributed by atoms with Crippen LogP contribution in [0.2, 0.25) is 0 Å². The van der Waals surface area contributed by atoms with Crippen molar-refractivity contribution >= 4 is 0 Å². The van der Waals surface area contributed by atoms with E-state index in [4.69, 9.17) is 14.9 Å². The molecule has 3 nitrogen and oxygen atoms in total. The van der Waals surface area contributed by atoms with Gasteiger partial charge in [0, 0.05) is 0 Å². The van der Waals surface area contributed by atoms with Crippen LogP contribution in [0, 0.1) is 0 Å². The molecule has 72 valence electrons. The number of ether oxygens (including phenoxy) is 1. The third kappa shape index (κ3) is 4.49. The van der Waals surface area contributed by atoms with E-state index in [0.29, 0.717) is 0 Å². The van der Waals surface area contributed by atoms with E-state index >= 15 is 0 Å². The van der Waals surface area contributed by atoms with Gasteiger partial charge in [-0.1, -0.05) is 6.08 Å². The quantitative estimate of drug-likeness (QED) is 0.603. The van der Waals surface area contributed by atoms with Crippen LogP contribution in [0.4, 0.5) is 0 Å². The fourth-order valence-electron chi connectivity index (χ4n) is 0.674. The van der Waals surface area contributed by atoms with Gasteiger partial charge in [-0.15, -0.1) is 0 Å². The Hall–Kier alpha value is -0.380. The Labute approximate surface area is 73.7 Å². The van der Waals surface area contributed by atoms with Crippen LogP contribution in [0.1, 0.15) is 20.8 Å². The van der Waals surface area contributed by atoms with Crippen LogP contribution in [0.25, 0.3) is 0 Å². The van der Waals surface area contributed by atoms with Gasteiger partial charge in [0.15, 0.2) is 0 Å². The van der Waals surface area contributed by atoms with Crippen molar-refractivity contribution in [1.29, 1.82) is 0 Å². The third-order valence-corrected chi connectivity index (χ3v) is 1.85. The highest BCUT2D eigenvalue weighted by Gasteiger charge is 2.07. The first kappa shape index (κ1) is 11.6. The molecule has 0 radical (unpaired) electrons. The van der Waals surface area contributed by atoms with E-state index in [0.717, 1.165) is 5.57 Å². The number of rotatable bonds is 5. The predicted molar refractivity (Wildman–Crippen MR) is 47.9 cm³/mol. The molecule has 0 spiro atoms. The number of aliphatic hydroxyl groups excluding tert-OH is 2. The first-order chi connectivity index (χ1) is 5.61. The molecule has 0 rings (SSSR count). The Morgan fingerprint density at radius 3 is 2.58 bits per heavy atom. The smallest absolute Gasteiger partial charge is 0.100 e. The summed E-state index contributed by atoms with van der Waals surface area (Å²) in [4.78, 5) is 0. The molecule has 0 aliphatic heterocycles. The molecule has 0 aliphatic carbocycles. The summed E-state index contributed by atoms with van der Waals surface area (Å²) >= 11 is 0. The highest BCUT2D eigenvalue weighted by Crippen LogP contribution is 2.05. The zero-order valence-electron chi connectivity index (χ0n) is 7.95. The molecule has 2 atom stereocenters. The highest BCUT2D eigenvalue weighted by molar-refractivity contribution is 5.01. The van der Waals surface area contributed by atoms with E-state index in [-0.39, 0.29) is 19.3 Å². The maximum atomic E-state index is 8.97. The fraction of sp³-hybridized carbons (Fsp3) is 0.778. The molecule has 3 heteroatoms. The second kappa shape index (κ2) is 6.17. The minimum Gasteiger partial charge on any atom is -0.394 e. The zero-order valence-corrected chi connectivity index (χ0v) is 7.95. The van der Waals surface area contributed by atoms with E-state index in [1.54, 1.807) is 0 Å². The lowest BCUT2D eigenvalue weighted by molar-refractivity contribution is -0.0118. The molecule has 0 saturated carbocycles. The molecule has 2 N–H and O–H groups in total. The van der Waals surface area contributed by atoms with Gasteiger partial charge in [0.2, 0.25) is 0 Å². The molecule has 0 amide bonds. The number of allylic oxidation sites excluding steroid dienone is 1. The molecule has 0 bridgehead atoms. The van der Waals surface area contributed by atoms with E-state index < -0.39 is 6.10 Å². The van der Waals surface area contributed by atoms with E-state index in [1.807, 2.05) is 26.8 Å². The van der Waals surface area contributed by atoms with Gasteiger partial charge in [0.1, 0.15) is 6.10 Å². The van der Waals surface area contributed by atoms with Crippen molar-refractivity contribution in [2.75, 3.05) is 13.2 Å². The molecule has 0 saturated heterocycles. The Morgan fingerprint density at radius 2 is 2.17 bits per heavy atom. The van der Waals surface area contributed by atoms with Gasteiger partial charge in [-0.05, 0) is 26.3 Å². The van der Waals surface area contributed by atoms with Crippen LogP contribution in [-0.2, 0) is 4.74 Å². The maximum absolute atomic E-state index is 8.97. The van der Waals surface area contributed by atoms with Crippen molar-refractivity contribution < 1.29 is 14.9 Å². The van der Waals surface area contributed by atoms with Crippen molar-refractivity contribution in [3.8, 4) is 0 Å². The molecular formula is C9H18O3. The third-order valence-electron chi connectivity index (χ3n) is 1.85. The van der Waals surface area contributed by atoms with E-state index in [2.05, 4.69) is 0 Å². The molecule has 0 aromatic heterocycles. The Balaban J connectivity index is 3.64. The molecular weight excluding hydrogens is 156 g/mol. The Bertz CT molecular complexity index is 143. The van der Waals surface area contributed by atoms with Crippen molar-refractivity contribution in [3.05, 3.63) is 11.6 Å². The Kier molecular flexibility index (Phi) is 5.98. The standard InChI is InChI=1S/C9H18O3/c1-4-7(2)8(3)12-6-9(11)5-10/h4,8-11H,5-6H2,1-3H3. The van der Waals surface area contributed by atoms with Crippen LogP contribution in [0.3, 0.4) is 0 Å². The number of hydrogen-bond donors (Lipinski definition) is 2. The van der Waals surface area contributed by atoms with Crippen molar-refractivity contribution in [1.82, 2.24) is 0 Å². The van der Waals surface area contributed by atoms with Gasteiger partial charge < -0.3 is 14.9 Å². The lowest BCUT2D eigenvalue weighted by Gasteiger charge is -2.15. The number of aliphatic hydroxyl groups is 2. The predicted octanol–water partition coefficient (Wildman–Crippen LogP) is 0.711. The van der Waals surface area contributed by atoms with Crippen molar-refractivity contribution in [2.24, 2.45) is 0 Å². The second-order valence-electron chi connectivity index (χ2n) is 2.84. The summed E-state index contributed by atoms with van der Waals surface area (Å²) in [7, 11) is 0. The van der Waals surface area contributed by atoms with Gasteiger partial charge in [-0.25, -0.2) is 0 Å². The molecule has 0 aliphatic rings. The fourth-order valence-corrected chi connectivity index (χ4v) is 0.674. The minimum atomic E-state index is -0.767.